The highest BCUT2D eigenvalue weighted by atomic mass is 16.7. The van der Waals surface area contributed by atoms with Crippen LogP contribution in [0.1, 0.15) is 17.0 Å². The number of fused-ring (bicyclic) bond motifs is 1. The number of nitrogens with zero attached hydrogens (tertiary/aromatic N) is 1. The predicted molar refractivity (Wildman–Crippen MR) is 66.4 cm³/mol. The number of imidazole rings is 1. The Hall–Kier alpha value is -2.01. The molecule has 2 heterocycles. The SMILES string of the molecule is Cc1[nH]cnc1CNCc1ccc2c(c1)OCO2. The molecule has 0 saturated heterocycles. The number of rotatable bonds is 4. The lowest BCUT2D eigenvalue weighted by Crippen LogP contribution is -2.13. The molecule has 2 aromatic rings. The third kappa shape index (κ3) is 2.17. The van der Waals surface area contributed by atoms with Gasteiger partial charge in [-0.05, 0) is 24.6 Å². The first kappa shape index (κ1) is 11.1. The second-order valence-electron chi connectivity index (χ2n) is 4.27. The number of H-pyrrole nitrogens is 1. The third-order valence-electron chi connectivity index (χ3n) is 2.99. The average Bonchev–Trinajstić information content (AvgIpc) is 2.98. The van der Waals surface area contributed by atoms with Crippen molar-refractivity contribution in [2.45, 2.75) is 20.0 Å². The second kappa shape index (κ2) is 4.70. The van der Waals surface area contributed by atoms with E-state index >= 15 is 0 Å². The maximum atomic E-state index is 5.34. The van der Waals surface area contributed by atoms with Crippen LogP contribution in [0.3, 0.4) is 0 Å². The Bertz CT molecular complexity index is 551. The molecule has 0 spiro atoms. The molecule has 3 rings (SSSR count). The zero-order valence-electron chi connectivity index (χ0n) is 10.2. The summed E-state index contributed by atoms with van der Waals surface area (Å²) < 4.78 is 10.6. The molecule has 18 heavy (non-hydrogen) atoms. The van der Waals surface area contributed by atoms with Crippen LogP contribution >= 0.6 is 0 Å². The van der Waals surface area contributed by atoms with E-state index in [0.29, 0.717) is 6.79 Å². The minimum Gasteiger partial charge on any atom is -0.454 e. The maximum absolute atomic E-state index is 5.34. The molecule has 0 amide bonds. The molecule has 1 aliphatic rings. The van der Waals surface area contributed by atoms with E-state index < -0.39 is 0 Å². The highest BCUT2D eigenvalue weighted by molar-refractivity contribution is 5.44. The molecule has 0 fully saturated rings. The Morgan fingerprint density at radius 3 is 3.00 bits per heavy atom. The van der Waals surface area contributed by atoms with Crippen molar-refractivity contribution < 1.29 is 9.47 Å². The summed E-state index contributed by atoms with van der Waals surface area (Å²) in [5.74, 6) is 1.65. The number of nitrogens with one attached hydrogen (secondary N) is 2. The van der Waals surface area contributed by atoms with Crippen molar-refractivity contribution in [2.75, 3.05) is 6.79 Å². The van der Waals surface area contributed by atoms with Crippen LogP contribution in [0.25, 0.3) is 0 Å². The van der Waals surface area contributed by atoms with Crippen molar-refractivity contribution in [3.8, 4) is 11.5 Å². The summed E-state index contributed by atoms with van der Waals surface area (Å²) in [6.45, 7) is 3.87. The zero-order valence-corrected chi connectivity index (χ0v) is 10.2. The van der Waals surface area contributed by atoms with Crippen LogP contribution in [0.15, 0.2) is 24.5 Å². The lowest BCUT2D eigenvalue weighted by Gasteiger charge is -2.05. The number of benzene rings is 1. The fourth-order valence-electron chi connectivity index (χ4n) is 1.94. The van der Waals surface area contributed by atoms with Crippen LogP contribution < -0.4 is 14.8 Å². The van der Waals surface area contributed by atoms with Crippen molar-refractivity contribution in [1.29, 1.82) is 0 Å². The summed E-state index contributed by atoms with van der Waals surface area (Å²) in [6, 6.07) is 5.99. The van der Waals surface area contributed by atoms with Gasteiger partial charge in [-0.25, -0.2) is 4.98 Å². The van der Waals surface area contributed by atoms with E-state index in [4.69, 9.17) is 9.47 Å². The van der Waals surface area contributed by atoms with E-state index in [1.54, 1.807) is 6.33 Å². The molecule has 0 saturated carbocycles. The van der Waals surface area contributed by atoms with Gasteiger partial charge < -0.3 is 19.8 Å². The Labute approximate surface area is 105 Å². The van der Waals surface area contributed by atoms with Gasteiger partial charge in [0.1, 0.15) is 0 Å². The van der Waals surface area contributed by atoms with Crippen LogP contribution in [0.4, 0.5) is 0 Å². The lowest BCUT2D eigenvalue weighted by atomic mass is 10.2. The van der Waals surface area contributed by atoms with Crippen LogP contribution in [0.2, 0.25) is 0 Å². The number of aryl methyl sites for hydroxylation is 1. The Morgan fingerprint density at radius 1 is 1.28 bits per heavy atom. The van der Waals surface area contributed by atoms with E-state index in [9.17, 15) is 0 Å². The molecular formula is C13H15N3O2. The van der Waals surface area contributed by atoms with Crippen LogP contribution in [0.5, 0.6) is 11.5 Å². The maximum Gasteiger partial charge on any atom is 0.231 e. The second-order valence-corrected chi connectivity index (χ2v) is 4.27. The van der Waals surface area contributed by atoms with Crippen LogP contribution in [-0.2, 0) is 13.1 Å². The summed E-state index contributed by atoms with van der Waals surface area (Å²) in [5.41, 5.74) is 3.33. The Morgan fingerprint density at radius 2 is 2.17 bits per heavy atom. The van der Waals surface area contributed by atoms with E-state index in [1.807, 2.05) is 25.1 Å². The average molecular weight is 245 g/mol. The van der Waals surface area contributed by atoms with Gasteiger partial charge in [0.25, 0.3) is 0 Å². The fraction of sp³-hybridized carbons (Fsp3) is 0.308. The molecule has 5 heteroatoms. The standard InChI is InChI=1S/C13H15N3O2/c1-9-11(16-7-15-9)6-14-5-10-2-3-12-13(4-10)18-8-17-12/h2-4,7,14H,5-6,8H2,1H3,(H,15,16). The molecule has 0 bridgehead atoms. The molecule has 2 N–H and O–H groups in total. The van der Waals surface area contributed by atoms with E-state index in [-0.39, 0.29) is 0 Å². The minimum atomic E-state index is 0.318. The van der Waals surface area contributed by atoms with Crippen molar-refractivity contribution in [2.24, 2.45) is 0 Å². The summed E-state index contributed by atoms with van der Waals surface area (Å²) in [7, 11) is 0. The molecule has 0 atom stereocenters. The first-order valence-electron chi connectivity index (χ1n) is 5.91. The van der Waals surface area contributed by atoms with Crippen molar-refractivity contribution in [1.82, 2.24) is 15.3 Å². The van der Waals surface area contributed by atoms with Gasteiger partial charge >= 0.3 is 0 Å². The number of aromatic nitrogens is 2. The molecule has 0 unspecified atom stereocenters. The monoisotopic (exact) mass is 245 g/mol. The van der Waals surface area contributed by atoms with Crippen LogP contribution in [0, 0.1) is 6.92 Å². The highest BCUT2D eigenvalue weighted by Gasteiger charge is 2.12. The molecular weight excluding hydrogens is 230 g/mol. The largest absolute Gasteiger partial charge is 0.454 e. The molecule has 5 nitrogen and oxygen atoms in total. The summed E-state index contributed by atoms with van der Waals surface area (Å²) in [6.07, 6.45) is 1.72. The van der Waals surface area contributed by atoms with Gasteiger partial charge in [-0.1, -0.05) is 6.07 Å². The summed E-state index contributed by atoms with van der Waals surface area (Å²) >= 11 is 0. The molecule has 0 aliphatic carbocycles. The van der Waals surface area contributed by atoms with Gasteiger partial charge in [0.2, 0.25) is 6.79 Å². The summed E-state index contributed by atoms with van der Waals surface area (Å²) in [5, 5.41) is 3.36. The van der Waals surface area contributed by atoms with Crippen molar-refractivity contribution in [3.63, 3.8) is 0 Å². The van der Waals surface area contributed by atoms with E-state index in [0.717, 1.165) is 36.0 Å². The number of hydrogen-bond donors (Lipinski definition) is 2. The Kier molecular flexibility index (Phi) is 2.90. The van der Waals surface area contributed by atoms with Gasteiger partial charge in [-0.15, -0.1) is 0 Å². The molecule has 0 radical (unpaired) electrons. The number of ether oxygens (including phenoxy) is 2. The van der Waals surface area contributed by atoms with Gasteiger partial charge in [0, 0.05) is 18.8 Å². The van der Waals surface area contributed by atoms with Gasteiger partial charge in [-0.2, -0.15) is 0 Å². The van der Waals surface area contributed by atoms with Crippen molar-refractivity contribution in [3.05, 3.63) is 41.5 Å². The number of aromatic amines is 1. The molecule has 1 aromatic heterocycles. The lowest BCUT2D eigenvalue weighted by molar-refractivity contribution is 0.174. The number of hydrogen-bond acceptors (Lipinski definition) is 4. The topological polar surface area (TPSA) is 59.2 Å². The van der Waals surface area contributed by atoms with Crippen LogP contribution in [-0.4, -0.2) is 16.8 Å². The van der Waals surface area contributed by atoms with Gasteiger partial charge in [0.15, 0.2) is 11.5 Å². The Balaban J connectivity index is 1.59. The summed E-state index contributed by atoms with van der Waals surface area (Å²) in [4.78, 5) is 7.31. The predicted octanol–water partition coefficient (Wildman–Crippen LogP) is 1.74. The molecule has 1 aromatic carbocycles. The third-order valence-corrected chi connectivity index (χ3v) is 2.99. The first-order chi connectivity index (χ1) is 8.83. The minimum absolute atomic E-state index is 0.318. The highest BCUT2D eigenvalue weighted by Crippen LogP contribution is 2.32. The molecule has 1 aliphatic heterocycles. The van der Waals surface area contributed by atoms with E-state index in [1.165, 1.54) is 5.56 Å². The smallest absolute Gasteiger partial charge is 0.231 e. The fourth-order valence-corrected chi connectivity index (χ4v) is 1.94. The molecule has 94 valence electrons. The van der Waals surface area contributed by atoms with E-state index in [2.05, 4.69) is 15.3 Å². The van der Waals surface area contributed by atoms with Crippen molar-refractivity contribution >= 4 is 0 Å². The normalized spacial score (nSPS) is 12.9. The van der Waals surface area contributed by atoms with Gasteiger partial charge in [0.05, 0.1) is 12.0 Å². The first-order valence-corrected chi connectivity index (χ1v) is 5.91. The zero-order chi connectivity index (χ0) is 12.4. The quantitative estimate of drug-likeness (QED) is 0.861. The van der Waals surface area contributed by atoms with Gasteiger partial charge in [-0.3, -0.25) is 0 Å².